The van der Waals surface area contributed by atoms with Crippen LogP contribution < -0.4 is 18.6 Å². The van der Waals surface area contributed by atoms with Crippen molar-refractivity contribution in [3.05, 3.63) is 0 Å². The van der Waals surface area contributed by atoms with Gasteiger partial charge in [-0.3, -0.25) is 4.79 Å². The van der Waals surface area contributed by atoms with Crippen molar-refractivity contribution in [3.8, 4) is 0 Å². The fraction of sp³-hybridized carbons (Fsp3) is 0.500. The van der Waals surface area contributed by atoms with Crippen LogP contribution in [0.3, 0.4) is 0 Å². The molecule has 0 N–H and O–H groups in total. The summed E-state index contributed by atoms with van der Waals surface area (Å²) in [6.07, 6.45) is 0. The van der Waals surface area contributed by atoms with Gasteiger partial charge in [0.1, 0.15) is 0 Å². The molecule has 0 aliphatic rings. The van der Waals surface area contributed by atoms with Gasteiger partial charge in [-0.1, -0.05) is 0 Å². The minimum atomic E-state index is -4.94. The second-order valence-corrected chi connectivity index (χ2v) is 2.14. The van der Waals surface area contributed by atoms with E-state index in [9.17, 15) is 4.79 Å². The molecule has 66 valence electrons. The summed E-state index contributed by atoms with van der Waals surface area (Å²) in [7, 11) is -4.94. The van der Waals surface area contributed by atoms with Gasteiger partial charge in [-0.2, -0.15) is 0 Å². The maximum Gasteiger partial charge on any atom is 1.00 e. The maximum atomic E-state index is 9.21. The predicted octanol–water partition coefficient (Wildman–Crippen LogP) is -3.99. The van der Waals surface area contributed by atoms with Crippen LogP contribution in [-0.2, 0) is 27.2 Å². The van der Waals surface area contributed by atoms with Gasteiger partial charge in [-0.05, 0) is 11.6 Å². The molecule has 0 aromatic heterocycles. The zero-order valence-electron chi connectivity index (χ0n) is 4.60. The average molecular weight is 286 g/mol. The summed E-state index contributed by atoms with van der Waals surface area (Å²) in [6.45, 7) is 1.29. The summed E-state index contributed by atoms with van der Waals surface area (Å²) < 4.78 is 34.0. The molecule has 0 radical (unpaired) electrons. The van der Waals surface area contributed by atoms with E-state index in [0.29, 0.717) is 0 Å². The topological polar surface area (TPSA) is 109 Å². The van der Waals surface area contributed by atoms with Crippen LogP contribution in [0.15, 0.2) is 0 Å². The largest absolute Gasteiger partial charge is 1.00 e. The molecule has 0 bridgehead atoms. The van der Waals surface area contributed by atoms with E-state index in [2.05, 4.69) is 11.6 Å². The molecule has 0 atom stereocenters. The Hall–Kier alpha value is 0.830. The molecule has 0 fully saturated rings. The zero-order valence-corrected chi connectivity index (χ0v) is 7.59. The molecular formula is C2H3AgCl2O5. The van der Waals surface area contributed by atoms with Crippen LogP contribution in [0, 0.1) is 10.2 Å². The first-order valence-corrected chi connectivity index (χ1v) is 3.12. The van der Waals surface area contributed by atoms with Gasteiger partial charge in [-0.15, -0.1) is 10.2 Å². The Bertz CT molecular complexity index is 80.1. The van der Waals surface area contributed by atoms with Crippen molar-refractivity contribution in [3.63, 3.8) is 0 Å². The SMILES string of the molecule is CC(=O)Cl.[Ag+].[O-][Cl+3]([O-])([O-])[O-]. The minimum absolute atomic E-state index is 0. The number of hydrogen-bond donors (Lipinski definition) is 0. The molecule has 0 amide bonds. The molecule has 0 unspecified atom stereocenters. The molecular weight excluding hydrogens is 283 g/mol. The van der Waals surface area contributed by atoms with Gasteiger partial charge in [0, 0.05) is 6.92 Å². The molecule has 0 saturated heterocycles. The maximum absolute atomic E-state index is 9.21. The van der Waals surface area contributed by atoms with Crippen LogP contribution in [0.1, 0.15) is 6.92 Å². The van der Waals surface area contributed by atoms with Crippen molar-refractivity contribution in [2.75, 3.05) is 0 Å². The van der Waals surface area contributed by atoms with Crippen LogP contribution in [0.25, 0.3) is 0 Å². The van der Waals surface area contributed by atoms with E-state index in [0.717, 1.165) is 0 Å². The van der Waals surface area contributed by atoms with Gasteiger partial charge in [0.15, 0.2) is 0 Å². The molecule has 0 heterocycles. The fourth-order valence-corrected chi connectivity index (χ4v) is 0. The number of halogens is 2. The first kappa shape index (κ1) is 17.1. The molecule has 5 nitrogen and oxygen atoms in total. The Morgan fingerprint density at radius 2 is 1.30 bits per heavy atom. The van der Waals surface area contributed by atoms with Gasteiger partial charge >= 0.3 is 22.4 Å². The smallest absolute Gasteiger partial charge is 0.282 e. The molecule has 8 heteroatoms. The van der Waals surface area contributed by atoms with Crippen LogP contribution >= 0.6 is 11.6 Å². The second-order valence-electron chi connectivity index (χ2n) is 0.848. The number of carbonyl (C=O) groups is 1. The Kier molecular flexibility index (Phi) is 13.5. The van der Waals surface area contributed by atoms with Crippen LogP contribution in [0.2, 0.25) is 0 Å². The standard InChI is InChI=1S/C2H3ClO.Ag.ClHO4/c1-2(3)4;;2-1(3,4)5/h1H3;;(H,2,3,4,5)/q;+1;/p-1. The molecule has 0 aromatic rings. The van der Waals surface area contributed by atoms with E-state index >= 15 is 0 Å². The van der Waals surface area contributed by atoms with Crippen LogP contribution in [-0.4, -0.2) is 5.24 Å². The average Bonchev–Trinajstić information content (AvgIpc) is 1.19. The third-order valence-electron chi connectivity index (χ3n) is 0. The fourth-order valence-electron chi connectivity index (χ4n) is 0. The normalized spacial score (nSPS) is 8.60. The predicted molar refractivity (Wildman–Crippen MR) is 16.5 cm³/mol. The van der Waals surface area contributed by atoms with Crippen LogP contribution in [0.5, 0.6) is 0 Å². The second kappa shape index (κ2) is 7.93. The van der Waals surface area contributed by atoms with Gasteiger partial charge < -0.3 is 0 Å². The van der Waals surface area contributed by atoms with Gasteiger partial charge in [0.05, 0.1) is 0 Å². The van der Waals surface area contributed by atoms with E-state index in [1.807, 2.05) is 0 Å². The number of hydrogen-bond acceptors (Lipinski definition) is 5. The molecule has 0 aliphatic carbocycles. The summed E-state index contributed by atoms with van der Waals surface area (Å²) in [4.78, 5) is 9.21. The third-order valence-corrected chi connectivity index (χ3v) is 0. The van der Waals surface area contributed by atoms with E-state index < -0.39 is 10.2 Å². The quantitative estimate of drug-likeness (QED) is 0.333. The van der Waals surface area contributed by atoms with Gasteiger partial charge in [-0.25, -0.2) is 18.6 Å². The Morgan fingerprint density at radius 1 is 1.30 bits per heavy atom. The summed E-state index contributed by atoms with van der Waals surface area (Å²) in [6, 6.07) is 0. The van der Waals surface area contributed by atoms with E-state index in [4.69, 9.17) is 18.6 Å². The summed E-state index contributed by atoms with van der Waals surface area (Å²) in [5.74, 6) is 0. The van der Waals surface area contributed by atoms with Crippen molar-refractivity contribution in [2.45, 2.75) is 6.92 Å². The summed E-state index contributed by atoms with van der Waals surface area (Å²) in [5, 5.41) is -0.361. The van der Waals surface area contributed by atoms with Crippen LogP contribution in [0.4, 0.5) is 0 Å². The molecule has 0 aliphatic heterocycles. The molecule has 0 aromatic carbocycles. The van der Waals surface area contributed by atoms with Crippen molar-refractivity contribution in [2.24, 2.45) is 0 Å². The first-order valence-electron chi connectivity index (χ1n) is 1.51. The first-order chi connectivity index (χ1) is 3.73. The number of rotatable bonds is 0. The van der Waals surface area contributed by atoms with Gasteiger partial charge in [0.25, 0.3) is 0 Å². The van der Waals surface area contributed by atoms with Gasteiger partial charge in [0.2, 0.25) is 5.24 Å². The third kappa shape index (κ3) is 785. The molecule has 0 spiro atoms. The summed E-state index contributed by atoms with van der Waals surface area (Å²) in [5.41, 5.74) is 0. The number of carbonyl (C=O) groups excluding carboxylic acids is 1. The Morgan fingerprint density at radius 3 is 1.30 bits per heavy atom. The summed E-state index contributed by atoms with van der Waals surface area (Å²) >= 11 is 4.64. The van der Waals surface area contributed by atoms with E-state index in [-0.39, 0.29) is 27.6 Å². The van der Waals surface area contributed by atoms with E-state index in [1.165, 1.54) is 6.92 Å². The molecule has 0 saturated carbocycles. The van der Waals surface area contributed by atoms with E-state index in [1.54, 1.807) is 0 Å². The Balaban J connectivity index is -0.0000000910. The monoisotopic (exact) mass is 284 g/mol. The minimum Gasteiger partial charge on any atom is -0.282 e. The Labute approximate surface area is 79.8 Å². The zero-order chi connectivity index (χ0) is 8.08. The van der Waals surface area contributed by atoms with Crippen molar-refractivity contribution >= 4 is 16.8 Å². The molecule has 10 heavy (non-hydrogen) atoms. The van der Waals surface area contributed by atoms with Crippen molar-refractivity contribution < 1.29 is 56.1 Å². The molecule has 0 rings (SSSR count). The van der Waals surface area contributed by atoms with Crippen molar-refractivity contribution in [1.82, 2.24) is 0 Å². The van der Waals surface area contributed by atoms with Crippen molar-refractivity contribution in [1.29, 1.82) is 0 Å².